The first kappa shape index (κ1) is 14.9. The van der Waals surface area contributed by atoms with Gasteiger partial charge >= 0.3 is 0 Å². The third-order valence-corrected chi connectivity index (χ3v) is 5.60. The highest BCUT2D eigenvalue weighted by atomic mass is 32.2. The summed E-state index contributed by atoms with van der Waals surface area (Å²) in [6.45, 7) is 0.478. The van der Waals surface area contributed by atoms with Crippen LogP contribution in [0.3, 0.4) is 0 Å². The molecule has 1 N–H and O–H groups in total. The highest BCUT2D eigenvalue weighted by Gasteiger charge is 2.37. The fourth-order valence-electron chi connectivity index (χ4n) is 2.59. The average Bonchev–Trinajstić information content (AvgIpc) is 3.19. The van der Waals surface area contributed by atoms with E-state index in [0.29, 0.717) is 18.1 Å². The summed E-state index contributed by atoms with van der Waals surface area (Å²) in [6.07, 6.45) is 7.56. The summed E-state index contributed by atoms with van der Waals surface area (Å²) >= 11 is 0. The van der Waals surface area contributed by atoms with Crippen molar-refractivity contribution in [3.63, 3.8) is 0 Å². The summed E-state index contributed by atoms with van der Waals surface area (Å²) in [7, 11) is 0.187. The number of aromatic amines is 1. The van der Waals surface area contributed by atoms with Crippen molar-refractivity contribution in [2.45, 2.75) is 23.8 Å². The van der Waals surface area contributed by atoms with E-state index in [1.807, 2.05) is 19.0 Å². The maximum atomic E-state index is 12.7. The number of H-pyrrole nitrogens is 1. The molecule has 0 spiro atoms. The van der Waals surface area contributed by atoms with E-state index in [2.05, 4.69) is 20.2 Å². The second-order valence-electron chi connectivity index (χ2n) is 5.40. The van der Waals surface area contributed by atoms with Crippen molar-refractivity contribution in [3.8, 4) is 0 Å². The summed E-state index contributed by atoms with van der Waals surface area (Å²) in [5.74, 6) is 0.713. The lowest BCUT2D eigenvalue weighted by molar-refractivity contribution is 0.390. The molecule has 1 atom stereocenters. The zero-order valence-electron chi connectivity index (χ0n) is 12.5. The van der Waals surface area contributed by atoms with Crippen LogP contribution in [0.5, 0.6) is 0 Å². The van der Waals surface area contributed by atoms with Crippen LogP contribution in [0.15, 0.2) is 29.7 Å². The lowest BCUT2D eigenvalue weighted by Crippen LogP contribution is -2.31. The molecule has 0 radical (unpaired) electrons. The minimum absolute atomic E-state index is 0.177. The quantitative estimate of drug-likeness (QED) is 0.894. The Bertz CT molecular complexity index is 744. The summed E-state index contributed by atoms with van der Waals surface area (Å²) in [4.78, 5) is 10.7. The lowest BCUT2D eigenvalue weighted by Gasteiger charge is -2.23. The van der Waals surface area contributed by atoms with E-state index < -0.39 is 10.0 Å². The minimum Gasteiger partial charge on any atom is -0.361 e. The second kappa shape index (κ2) is 5.65. The van der Waals surface area contributed by atoms with Gasteiger partial charge in [-0.1, -0.05) is 0 Å². The van der Waals surface area contributed by atoms with Crippen LogP contribution in [0, 0.1) is 0 Å². The van der Waals surface area contributed by atoms with Crippen LogP contribution in [0.25, 0.3) is 0 Å². The Labute approximate surface area is 129 Å². The molecule has 1 saturated heterocycles. The molecular weight excluding hydrogens is 304 g/mol. The molecular formula is C13H18N6O2S. The molecule has 3 heterocycles. The molecule has 1 aliphatic heterocycles. The number of aromatic nitrogens is 4. The molecule has 118 valence electrons. The molecule has 0 aliphatic carbocycles. The largest absolute Gasteiger partial charge is 0.361 e. The van der Waals surface area contributed by atoms with Crippen LogP contribution >= 0.6 is 0 Å². The van der Waals surface area contributed by atoms with Gasteiger partial charge in [-0.3, -0.25) is 10.1 Å². The van der Waals surface area contributed by atoms with Gasteiger partial charge in [0.05, 0.1) is 30.3 Å². The molecule has 0 aromatic carbocycles. The van der Waals surface area contributed by atoms with Gasteiger partial charge in [0.25, 0.3) is 0 Å². The highest BCUT2D eigenvalue weighted by Crippen LogP contribution is 2.35. The Morgan fingerprint density at radius 2 is 2.14 bits per heavy atom. The number of anilines is 1. The van der Waals surface area contributed by atoms with Crippen LogP contribution in [-0.2, 0) is 10.0 Å². The Hall–Kier alpha value is -2.00. The van der Waals surface area contributed by atoms with Gasteiger partial charge < -0.3 is 4.90 Å². The fourth-order valence-corrected chi connectivity index (χ4v) is 4.16. The van der Waals surface area contributed by atoms with E-state index in [1.165, 1.54) is 16.7 Å². The van der Waals surface area contributed by atoms with Gasteiger partial charge in [0.1, 0.15) is 10.7 Å². The normalized spacial score (nSPS) is 19.5. The summed E-state index contributed by atoms with van der Waals surface area (Å²) in [6, 6.07) is -0.285. The van der Waals surface area contributed by atoms with E-state index >= 15 is 0 Å². The lowest BCUT2D eigenvalue weighted by atomic mass is 10.2. The molecule has 0 saturated carbocycles. The standard InChI is InChI=1S/C13H18N6O2S/c1-18(2)13-9-14-8-11(17-13)12-4-3-5-19(12)22(20,21)10-6-15-16-7-10/h6-9,12H,3-5H2,1-2H3,(H,15,16). The van der Waals surface area contributed by atoms with Gasteiger partial charge in [0, 0.05) is 26.8 Å². The van der Waals surface area contributed by atoms with Gasteiger partial charge in [0.2, 0.25) is 10.0 Å². The Morgan fingerprint density at radius 3 is 2.82 bits per heavy atom. The summed E-state index contributed by atoms with van der Waals surface area (Å²) in [5, 5.41) is 6.28. The molecule has 1 fully saturated rings. The maximum absolute atomic E-state index is 12.7. The smallest absolute Gasteiger partial charge is 0.246 e. The fraction of sp³-hybridized carbons (Fsp3) is 0.462. The van der Waals surface area contributed by atoms with Crippen molar-refractivity contribution in [3.05, 3.63) is 30.5 Å². The predicted molar refractivity (Wildman–Crippen MR) is 80.8 cm³/mol. The van der Waals surface area contributed by atoms with E-state index in [9.17, 15) is 8.42 Å². The van der Waals surface area contributed by atoms with Crippen molar-refractivity contribution >= 4 is 15.8 Å². The third-order valence-electron chi connectivity index (χ3n) is 3.72. The molecule has 9 heteroatoms. The number of sulfonamides is 1. The van der Waals surface area contributed by atoms with E-state index in [4.69, 9.17) is 0 Å². The molecule has 0 bridgehead atoms. The van der Waals surface area contributed by atoms with E-state index in [0.717, 1.165) is 12.8 Å². The molecule has 0 amide bonds. The number of hydrogen-bond acceptors (Lipinski definition) is 6. The zero-order chi connectivity index (χ0) is 15.7. The molecule has 3 rings (SSSR count). The zero-order valence-corrected chi connectivity index (χ0v) is 13.3. The second-order valence-corrected chi connectivity index (χ2v) is 7.29. The molecule has 22 heavy (non-hydrogen) atoms. The van der Waals surface area contributed by atoms with Crippen molar-refractivity contribution in [2.24, 2.45) is 0 Å². The van der Waals surface area contributed by atoms with Crippen LogP contribution in [0.4, 0.5) is 5.82 Å². The average molecular weight is 322 g/mol. The van der Waals surface area contributed by atoms with Crippen molar-refractivity contribution in [1.29, 1.82) is 0 Å². The first-order valence-corrected chi connectivity index (χ1v) is 8.44. The Morgan fingerprint density at radius 1 is 1.32 bits per heavy atom. The van der Waals surface area contributed by atoms with E-state index in [-0.39, 0.29) is 10.9 Å². The van der Waals surface area contributed by atoms with Gasteiger partial charge in [-0.25, -0.2) is 13.4 Å². The number of nitrogens with one attached hydrogen (secondary N) is 1. The first-order valence-electron chi connectivity index (χ1n) is 7.00. The molecule has 8 nitrogen and oxygen atoms in total. The van der Waals surface area contributed by atoms with Crippen LogP contribution in [0.1, 0.15) is 24.6 Å². The molecule has 1 aliphatic rings. The van der Waals surface area contributed by atoms with E-state index in [1.54, 1.807) is 12.4 Å². The highest BCUT2D eigenvalue weighted by molar-refractivity contribution is 7.89. The van der Waals surface area contributed by atoms with Crippen molar-refractivity contribution < 1.29 is 8.42 Å². The maximum Gasteiger partial charge on any atom is 0.246 e. The molecule has 2 aromatic rings. The van der Waals surface area contributed by atoms with Crippen molar-refractivity contribution in [2.75, 3.05) is 25.5 Å². The van der Waals surface area contributed by atoms with Gasteiger partial charge in [0.15, 0.2) is 0 Å². The third kappa shape index (κ3) is 2.57. The van der Waals surface area contributed by atoms with Crippen LogP contribution in [0.2, 0.25) is 0 Å². The number of nitrogens with zero attached hydrogens (tertiary/aromatic N) is 5. The topological polar surface area (TPSA) is 95.1 Å². The van der Waals surface area contributed by atoms with Gasteiger partial charge in [-0.05, 0) is 12.8 Å². The van der Waals surface area contributed by atoms with Crippen molar-refractivity contribution in [1.82, 2.24) is 24.5 Å². The van der Waals surface area contributed by atoms with Crippen LogP contribution in [-0.4, -0.2) is 53.5 Å². The van der Waals surface area contributed by atoms with Crippen LogP contribution < -0.4 is 4.90 Å². The first-order chi connectivity index (χ1) is 10.5. The van der Waals surface area contributed by atoms with Gasteiger partial charge in [-0.15, -0.1) is 0 Å². The molecule has 2 aromatic heterocycles. The minimum atomic E-state index is -3.57. The summed E-state index contributed by atoms with van der Waals surface area (Å²) in [5.41, 5.74) is 0.677. The van der Waals surface area contributed by atoms with Gasteiger partial charge in [-0.2, -0.15) is 9.40 Å². The number of hydrogen-bond donors (Lipinski definition) is 1. The molecule has 1 unspecified atom stereocenters. The monoisotopic (exact) mass is 322 g/mol. The SMILES string of the molecule is CN(C)c1cncc(C2CCCN2S(=O)(=O)c2cn[nH]c2)n1. The summed E-state index contributed by atoms with van der Waals surface area (Å²) < 4.78 is 26.9. The Balaban J connectivity index is 1.96. The number of rotatable bonds is 4. The Kier molecular flexibility index (Phi) is 3.83. The predicted octanol–water partition coefficient (Wildman–Crippen LogP) is 0.791.